The lowest BCUT2D eigenvalue weighted by atomic mass is 9.46. The number of hydrogen-bond donors (Lipinski definition) is 1. The van der Waals surface area contributed by atoms with Crippen molar-refractivity contribution in [3.8, 4) is 0 Å². The van der Waals surface area contributed by atoms with Crippen molar-refractivity contribution in [1.82, 2.24) is 0 Å². The molecule has 4 aliphatic rings. The number of alkyl halides is 6. The quantitative estimate of drug-likeness (QED) is 0.254. The number of halogens is 6. The second kappa shape index (κ2) is 7.85. The maximum atomic E-state index is 13.6. The molecule has 6 unspecified atom stereocenters. The van der Waals surface area contributed by atoms with E-state index in [1.165, 1.54) is 6.92 Å². The third-order valence-electron chi connectivity index (χ3n) is 7.25. The highest BCUT2D eigenvalue weighted by Crippen LogP contribution is 2.62. The second-order valence-electron chi connectivity index (χ2n) is 9.18. The van der Waals surface area contributed by atoms with Gasteiger partial charge < -0.3 is 9.47 Å². The van der Waals surface area contributed by atoms with Gasteiger partial charge in [-0.2, -0.15) is 34.8 Å². The molecule has 0 amide bonds. The monoisotopic (exact) mass is 508 g/mol. The van der Waals surface area contributed by atoms with Crippen molar-refractivity contribution in [3.63, 3.8) is 0 Å². The molecular weight excluding hydrogens is 486 g/mol. The molecule has 0 aromatic rings. The highest BCUT2D eigenvalue weighted by atomic mass is 32.2. The maximum Gasteiger partial charge on any atom is 0.438 e. The molecule has 4 fully saturated rings. The summed E-state index contributed by atoms with van der Waals surface area (Å²) >= 11 is 0. The summed E-state index contributed by atoms with van der Waals surface area (Å²) in [5.41, 5.74) is -6.82. The molecule has 0 radical (unpaired) electrons. The van der Waals surface area contributed by atoms with E-state index in [2.05, 4.69) is 11.3 Å². The van der Waals surface area contributed by atoms with Gasteiger partial charge in [-0.1, -0.05) is 6.58 Å². The molecule has 0 aliphatic heterocycles. The molecule has 4 bridgehead atoms. The lowest BCUT2D eigenvalue weighted by Crippen LogP contribution is -2.67. The molecule has 0 spiro atoms. The van der Waals surface area contributed by atoms with Gasteiger partial charge in [0.2, 0.25) is 0 Å². The van der Waals surface area contributed by atoms with Crippen LogP contribution in [0.1, 0.15) is 32.6 Å². The first-order valence-electron chi connectivity index (χ1n) is 10.0. The van der Waals surface area contributed by atoms with Crippen LogP contribution < -0.4 is 0 Å². The molecule has 0 aromatic carbocycles. The fourth-order valence-corrected chi connectivity index (χ4v) is 6.81. The summed E-state index contributed by atoms with van der Waals surface area (Å²) in [7, 11) is -5.88. The van der Waals surface area contributed by atoms with Gasteiger partial charge in [0.25, 0.3) is 10.1 Å². The van der Waals surface area contributed by atoms with Gasteiger partial charge in [-0.25, -0.2) is 4.79 Å². The number of carbonyl (C=O) groups is 2. The Bertz CT molecular complexity index is 929. The largest absolute Gasteiger partial charge is 0.456 e. The van der Waals surface area contributed by atoms with Crippen LogP contribution in [-0.4, -0.2) is 54.2 Å². The minimum Gasteiger partial charge on any atom is -0.456 e. The van der Waals surface area contributed by atoms with Gasteiger partial charge in [0.15, 0.2) is 0 Å². The van der Waals surface area contributed by atoms with Gasteiger partial charge in [0, 0.05) is 12.0 Å². The van der Waals surface area contributed by atoms with Gasteiger partial charge in [-0.15, -0.1) is 0 Å². The van der Waals surface area contributed by atoms with Crippen molar-refractivity contribution in [2.24, 2.45) is 29.6 Å². The van der Waals surface area contributed by atoms with Crippen LogP contribution in [-0.2, 0) is 29.2 Å². The van der Waals surface area contributed by atoms with Crippen LogP contribution in [0.25, 0.3) is 0 Å². The fourth-order valence-electron chi connectivity index (χ4n) is 5.91. The third kappa shape index (κ3) is 4.35. The summed E-state index contributed by atoms with van der Waals surface area (Å²) < 4.78 is 122. The van der Waals surface area contributed by atoms with Gasteiger partial charge >= 0.3 is 29.9 Å². The molecule has 0 saturated heterocycles. The van der Waals surface area contributed by atoms with E-state index in [1.807, 2.05) is 0 Å². The highest BCUT2D eigenvalue weighted by Gasteiger charge is 2.76. The minimum absolute atomic E-state index is 0.0473. The van der Waals surface area contributed by atoms with Crippen LogP contribution in [0.3, 0.4) is 0 Å². The van der Waals surface area contributed by atoms with E-state index in [9.17, 15) is 44.3 Å². The zero-order valence-corrected chi connectivity index (χ0v) is 18.1. The smallest absolute Gasteiger partial charge is 0.438 e. The molecule has 4 aliphatic carbocycles. The average Bonchev–Trinajstić information content (AvgIpc) is 2.62. The van der Waals surface area contributed by atoms with Gasteiger partial charge in [-0.05, 0) is 50.4 Å². The Morgan fingerprint density at radius 1 is 1.09 bits per heavy atom. The average molecular weight is 508 g/mol. The van der Waals surface area contributed by atoms with E-state index in [0.29, 0.717) is 12.8 Å². The lowest BCUT2D eigenvalue weighted by Gasteiger charge is -2.61. The number of esters is 2. The molecule has 6 atom stereocenters. The van der Waals surface area contributed by atoms with Gasteiger partial charge in [-0.3, -0.25) is 9.35 Å². The first-order chi connectivity index (χ1) is 14.8. The number of ether oxygens (including phenoxy) is 2. The Hall–Kier alpha value is -1.83. The first-order valence-corrected chi connectivity index (χ1v) is 11.6. The topological polar surface area (TPSA) is 107 Å². The Morgan fingerprint density at radius 3 is 2.15 bits per heavy atom. The number of hydrogen-bond acceptors (Lipinski definition) is 6. The summed E-state index contributed by atoms with van der Waals surface area (Å²) in [6, 6.07) is 0. The molecule has 0 aromatic heterocycles. The van der Waals surface area contributed by atoms with E-state index in [1.54, 1.807) is 0 Å². The van der Waals surface area contributed by atoms with E-state index in [-0.39, 0.29) is 24.7 Å². The standard InChI is InChI=1S/C19H22F6O7S/c1-3-13(26)31-16(2)11-5-9-4-10(7-11)14(12(16)6-9)15(27)32-17(18(20,21)22,19(23,24)25)8-33(28,29)30/h3,9-12,14H,1,4-8H2,2H3,(H,28,29,30). The number of carbonyl (C=O) groups excluding carboxylic acids is 2. The van der Waals surface area contributed by atoms with Crippen molar-refractivity contribution in [2.45, 2.75) is 56.2 Å². The summed E-state index contributed by atoms with van der Waals surface area (Å²) in [4.78, 5) is 24.8. The highest BCUT2D eigenvalue weighted by molar-refractivity contribution is 7.85. The van der Waals surface area contributed by atoms with Crippen LogP contribution in [0.4, 0.5) is 26.3 Å². The molecule has 1 N–H and O–H groups in total. The summed E-state index contributed by atoms with van der Waals surface area (Å²) in [6.45, 7) is 4.74. The van der Waals surface area contributed by atoms with Crippen LogP contribution in [0, 0.1) is 29.6 Å². The summed E-state index contributed by atoms with van der Waals surface area (Å²) in [6.07, 6.45) is -10.6. The van der Waals surface area contributed by atoms with E-state index in [0.717, 1.165) is 6.08 Å². The summed E-state index contributed by atoms with van der Waals surface area (Å²) in [5.74, 6) is -8.96. The summed E-state index contributed by atoms with van der Waals surface area (Å²) in [5, 5.41) is 0. The third-order valence-corrected chi connectivity index (χ3v) is 8.02. The van der Waals surface area contributed by atoms with Crippen molar-refractivity contribution in [1.29, 1.82) is 0 Å². The van der Waals surface area contributed by atoms with E-state index < -0.39 is 69.1 Å². The fraction of sp³-hybridized carbons (Fsp3) is 0.789. The van der Waals surface area contributed by atoms with Crippen molar-refractivity contribution >= 4 is 22.1 Å². The molecule has 33 heavy (non-hydrogen) atoms. The SMILES string of the molecule is C=CC(=O)OC1(C)C2CC3CC(C2)C(C(=O)OC(CS(=O)(=O)O)(C(F)(F)F)C(F)(F)F)C1C3. The van der Waals surface area contributed by atoms with Gasteiger partial charge in [0.1, 0.15) is 11.4 Å². The molecule has 0 heterocycles. The lowest BCUT2D eigenvalue weighted by molar-refractivity contribution is -0.364. The van der Waals surface area contributed by atoms with E-state index >= 15 is 0 Å². The Morgan fingerprint density at radius 2 is 1.67 bits per heavy atom. The maximum absolute atomic E-state index is 13.6. The first kappa shape index (κ1) is 25.8. The van der Waals surface area contributed by atoms with Crippen LogP contribution >= 0.6 is 0 Å². The van der Waals surface area contributed by atoms with Gasteiger partial charge in [0.05, 0.1) is 5.92 Å². The zero-order valence-electron chi connectivity index (χ0n) is 17.3. The second-order valence-corrected chi connectivity index (χ2v) is 10.6. The minimum atomic E-state index is -6.40. The predicted octanol–water partition coefficient (Wildman–Crippen LogP) is 3.45. The molecule has 4 rings (SSSR count). The van der Waals surface area contributed by atoms with Crippen LogP contribution in [0.2, 0.25) is 0 Å². The Kier molecular flexibility index (Phi) is 6.14. The predicted molar refractivity (Wildman–Crippen MR) is 98.0 cm³/mol. The van der Waals surface area contributed by atoms with E-state index in [4.69, 9.17) is 9.29 Å². The molecule has 4 saturated carbocycles. The molecule has 14 heteroatoms. The van der Waals surface area contributed by atoms with Crippen molar-refractivity contribution in [3.05, 3.63) is 12.7 Å². The Labute approximate surface area is 185 Å². The number of rotatable bonds is 6. The van der Waals surface area contributed by atoms with Crippen molar-refractivity contribution < 1.29 is 58.4 Å². The molecule has 7 nitrogen and oxygen atoms in total. The zero-order chi connectivity index (χ0) is 25.2. The molecular formula is C19H22F6O7S. The normalized spacial score (nSPS) is 34.1. The van der Waals surface area contributed by atoms with Crippen LogP contribution in [0.5, 0.6) is 0 Å². The Balaban J connectivity index is 2.02. The molecule has 188 valence electrons. The van der Waals surface area contributed by atoms with Crippen molar-refractivity contribution in [2.75, 3.05) is 5.75 Å². The van der Waals surface area contributed by atoms with Crippen LogP contribution in [0.15, 0.2) is 12.7 Å².